The SMILES string of the molecule is CCCCC(=O)Nc1cccc(-c2nc3cc(C(C)CC)ccc3o2)c1. The van der Waals surface area contributed by atoms with Crippen molar-refractivity contribution in [1.82, 2.24) is 4.98 Å². The molecule has 136 valence electrons. The highest BCUT2D eigenvalue weighted by Gasteiger charge is 2.12. The van der Waals surface area contributed by atoms with Gasteiger partial charge in [-0.15, -0.1) is 0 Å². The van der Waals surface area contributed by atoms with E-state index >= 15 is 0 Å². The summed E-state index contributed by atoms with van der Waals surface area (Å²) in [6.45, 7) is 6.48. The van der Waals surface area contributed by atoms with Crippen molar-refractivity contribution in [2.45, 2.75) is 52.4 Å². The quantitative estimate of drug-likeness (QED) is 0.557. The molecule has 26 heavy (non-hydrogen) atoms. The van der Waals surface area contributed by atoms with E-state index in [-0.39, 0.29) is 5.91 Å². The van der Waals surface area contributed by atoms with Crippen LogP contribution in [0.15, 0.2) is 46.9 Å². The topological polar surface area (TPSA) is 55.1 Å². The maximum absolute atomic E-state index is 11.9. The molecule has 0 radical (unpaired) electrons. The van der Waals surface area contributed by atoms with Gasteiger partial charge in [0.15, 0.2) is 5.58 Å². The second kappa shape index (κ2) is 8.17. The zero-order valence-electron chi connectivity index (χ0n) is 15.7. The Labute approximate surface area is 154 Å². The van der Waals surface area contributed by atoms with Crippen molar-refractivity contribution in [2.24, 2.45) is 0 Å². The zero-order chi connectivity index (χ0) is 18.5. The van der Waals surface area contributed by atoms with Gasteiger partial charge in [-0.1, -0.05) is 39.3 Å². The predicted molar refractivity (Wildman–Crippen MR) is 106 cm³/mol. The van der Waals surface area contributed by atoms with Gasteiger partial charge < -0.3 is 9.73 Å². The van der Waals surface area contributed by atoms with Gasteiger partial charge in [-0.2, -0.15) is 0 Å². The highest BCUT2D eigenvalue weighted by atomic mass is 16.3. The first-order valence-electron chi connectivity index (χ1n) is 9.41. The van der Waals surface area contributed by atoms with Gasteiger partial charge in [-0.3, -0.25) is 4.79 Å². The number of nitrogens with one attached hydrogen (secondary N) is 1. The summed E-state index contributed by atoms with van der Waals surface area (Å²) in [6, 6.07) is 13.8. The molecule has 3 rings (SSSR count). The lowest BCUT2D eigenvalue weighted by molar-refractivity contribution is -0.116. The van der Waals surface area contributed by atoms with Crippen LogP contribution in [0.5, 0.6) is 0 Å². The largest absolute Gasteiger partial charge is 0.436 e. The maximum atomic E-state index is 11.9. The van der Waals surface area contributed by atoms with Crippen LogP contribution in [0.3, 0.4) is 0 Å². The van der Waals surface area contributed by atoms with Crippen molar-refractivity contribution in [3.05, 3.63) is 48.0 Å². The Morgan fingerprint density at radius 2 is 2.04 bits per heavy atom. The van der Waals surface area contributed by atoms with E-state index in [2.05, 4.69) is 43.2 Å². The highest BCUT2D eigenvalue weighted by Crippen LogP contribution is 2.29. The molecule has 0 saturated carbocycles. The summed E-state index contributed by atoms with van der Waals surface area (Å²) in [7, 11) is 0. The number of benzene rings is 2. The van der Waals surface area contributed by atoms with Crippen LogP contribution in [0.4, 0.5) is 5.69 Å². The lowest BCUT2D eigenvalue weighted by Crippen LogP contribution is -2.10. The van der Waals surface area contributed by atoms with Crippen molar-refractivity contribution in [3.63, 3.8) is 0 Å². The van der Waals surface area contributed by atoms with Gasteiger partial charge in [0.25, 0.3) is 0 Å². The number of unbranched alkanes of at least 4 members (excludes halogenated alkanes) is 1. The number of carbonyl (C=O) groups excluding carboxylic acids is 1. The number of anilines is 1. The first-order chi connectivity index (χ1) is 12.6. The third-order valence-electron chi connectivity index (χ3n) is 4.74. The summed E-state index contributed by atoms with van der Waals surface area (Å²) in [5, 5.41) is 2.94. The Hall–Kier alpha value is -2.62. The molecule has 1 N–H and O–H groups in total. The average Bonchev–Trinajstić information content (AvgIpc) is 3.09. The van der Waals surface area contributed by atoms with Gasteiger partial charge in [0, 0.05) is 17.7 Å². The Kier molecular flexibility index (Phi) is 5.71. The van der Waals surface area contributed by atoms with E-state index in [0.717, 1.165) is 41.6 Å². The number of hydrogen-bond acceptors (Lipinski definition) is 3. The van der Waals surface area contributed by atoms with Crippen molar-refractivity contribution in [3.8, 4) is 11.5 Å². The van der Waals surface area contributed by atoms with Crippen LogP contribution in [0, 0.1) is 0 Å². The molecule has 1 atom stereocenters. The van der Waals surface area contributed by atoms with E-state index in [9.17, 15) is 4.79 Å². The second-order valence-electron chi connectivity index (χ2n) is 6.79. The summed E-state index contributed by atoms with van der Waals surface area (Å²) < 4.78 is 5.92. The van der Waals surface area contributed by atoms with Crippen LogP contribution < -0.4 is 5.32 Å². The Morgan fingerprint density at radius 1 is 1.19 bits per heavy atom. The van der Waals surface area contributed by atoms with E-state index in [1.807, 2.05) is 30.3 Å². The van der Waals surface area contributed by atoms with Crippen LogP contribution in [-0.4, -0.2) is 10.9 Å². The molecule has 0 aliphatic carbocycles. The number of rotatable bonds is 7. The molecule has 0 fully saturated rings. The van der Waals surface area contributed by atoms with E-state index in [1.54, 1.807) is 0 Å². The second-order valence-corrected chi connectivity index (χ2v) is 6.79. The zero-order valence-corrected chi connectivity index (χ0v) is 15.7. The smallest absolute Gasteiger partial charge is 0.227 e. The number of nitrogens with zero attached hydrogens (tertiary/aromatic N) is 1. The maximum Gasteiger partial charge on any atom is 0.227 e. The molecular weight excluding hydrogens is 324 g/mol. The van der Waals surface area contributed by atoms with E-state index in [1.165, 1.54) is 5.56 Å². The predicted octanol–water partition coefficient (Wildman–Crippen LogP) is 6.14. The molecular formula is C22H26N2O2. The van der Waals surface area contributed by atoms with Crippen LogP contribution in [0.1, 0.15) is 57.9 Å². The molecule has 1 aromatic heterocycles. The first-order valence-corrected chi connectivity index (χ1v) is 9.41. The van der Waals surface area contributed by atoms with Gasteiger partial charge in [0.05, 0.1) is 0 Å². The van der Waals surface area contributed by atoms with E-state index in [0.29, 0.717) is 18.2 Å². The Morgan fingerprint density at radius 3 is 2.81 bits per heavy atom. The van der Waals surface area contributed by atoms with Crippen molar-refractivity contribution in [1.29, 1.82) is 0 Å². The molecule has 0 spiro atoms. The van der Waals surface area contributed by atoms with Crippen LogP contribution in [-0.2, 0) is 4.79 Å². The average molecular weight is 350 g/mol. The summed E-state index contributed by atoms with van der Waals surface area (Å²) in [4.78, 5) is 16.6. The molecule has 1 heterocycles. The summed E-state index contributed by atoms with van der Waals surface area (Å²) in [6.07, 6.45) is 3.54. The number of amides is 1. The van der Waals surface area contributed by atoms with E-state index < -0.39 is 0 Å². The molecule has 0 bridgehead atoms. The number of fused-ring (bicyclic) bond motifs is 1. The molecule has 2 aromatic carbocycles. The molecule has 4 heteroatoms. The minimum absolute atomic E-state index is 0.0414. The molecule has 3 aromatic rings. The fraction of sp³-hybridized carbons (Fsp3) is 0.364. The molecule has 1 amide bonds. The third-order valence-corrected chi connectivity index (χ3v) is 4.74. The van der Waals surface area contributed by atoms with Crippen LogP contribution in [0.2, 0.25) is 0 Å². The standard InChI is InChI=1S/C22H26N2O2/c1-4-6-10-21(25)23-18-9-7-8-17(13-18)22-24-19-14-16(15(3)5-2)11-12-20(19)26-22/h7-9,11-15H,4-6,10H2,1-3H3,(H,23,25). The van der Waals surface area contributed by atoms with Gasteiger partial charge in [-0.05, 0) is 54.7 Å². The van der Waals surface area contributed by atoms with Crippen LogP contribution >= 0.6 is 0 Å². The van der Waals surface area contributed by atoms with Gasteiger partial charge in [0.2, 0.25) is 11.8 Å². The lowest BCUT2D eigenvalue weighted by atomic mass is 9.98. The van der Waals surface area contributed by atoms with Crippen molar-refractivity contribution in [2.75, 3.05) is 5.32 Å². The number of oxazole rings is 1. The number of carbonyl (C=O) groups is 1. The number of hydrogen-bond donors (Lipinski definition) is 1. The fourth-order valence-electron chi connectivity index (χ4n) is 2.90. The fourth-order valence-corrected chi connectivity index (χ4v) is 2.90. The molecule has 1 unspecified atom stereocenters. The number of aromatic nitrogens is 1. The molecule has 4 nitrogen and oxygen atoms in total. The molecule has 0 aliphatic rings. The van der Waals surface area contributed by atoms with E-state index in [4.69, 9.17) is 4.42 Å². The Balaban J connectivity index is 1.84. The van der Waals surface area contributed by atoms with Crippen LogP contribution in [0.25, 0.3) is 22.6 Å². The normalized spacial score (nSPS) is 12.3. The van der Waals surface area contributed by atoms with Crippen molar-refractivity contribution < 1.29 is 9.21 Å². The van der Waals surface area contributed by atoms with Gasteiger partial charge in [0.1, 0.15) is 5.52 Å². The lowest BCUT2D eigenvalue weighted by Gasteiger charge is -2.07. The summed E-state index contributed by atoms with van der Waals surface area (Å²) in [5.74, 6) is 1.12. The van der Waals surface area contributed by atoms with Gasteiger partial charge in [-0.25, -0.2) is 4.98 Å². The monoisotopic (exact) mass is 350 g/mol. The molecule has 0 aliphatic heterocycles. The van der Waals surface area contributed by atoms with Gasteiger partial charge >= 0.3 is 0 Å². The van der Waals surface area contributed by atoms with Crippen molar-refractivity contribution >= 4 is 22.7 Å². The summed E-state index contributed by atoms with van der Waals surface area (Å²) in [5.41, 5.74) is 4.56. The third kappa shape index (κ3) is 4.13. The first kappa shape index (κ1) is 18.2. The Bertz CT molecular complexity index is 898. The minimum atomic E-state index is 0.0414. The minimum Gasteiger partial charge on any atom is -0.436 e. The summed E-state index contributed by atoms with van der Waals surface area (Å²) >= 11 is 0. The highest BCUT2D eigenvalue weighted by molar-refractivity contribution is 5.91. The molecule has 0 saturated heterocycles.